The van der Waals surface area contributed by atoms with Crippen LogP contribution in [0.15, 0.2) is 33.7 Å². The molecule has 0 radical (unpaired) electrons. The minimum atomic E-state index is -0.552. The van der Waals surface area contributed by atoms with Gasteiger partial charge in [0.1, 0.15) is 0 Å². The molecule has 0 unspecified atom stereocenters. The van der Waals surface area contributed by atoms with Crippen molar-refractivity contribution in [1.82, 2.24) is 0 Å². The Morgan fingerprint density at radius 3 is 3.00 bits per heavy atom. The first-order valence-corrected chi connectivity index (χ1v) is 5.70. The maximum absolute atomic E-state index is 12.8. The summed E-state index contributed by atoms with van der Waals surface area (Å²) in [5.41, 5.74) is -0.0460. The van der Waals surface area contributed by atoms with Gasteiger partial charge in [0.15, 0.2) is 0 Å². The van der Waals surface area contributed by atoms with Gasteiger partial charge in [0.05, 0.1) is 0 Å². The summed E-state index contributed by atoms with van der Waals surface area (Å²) in [5, 5.41) is 8.81. The van der Waals surface area contributed by atoms with Crippen LogP contribution in [0.3, 0.4) is 0 Å². The van der Waals surface area contributed by atoms with Gasteiger partial charge in [-0.15, -0.1) is 0 Å². The van der Waals surface area contributed by atoms with Gasteiger partial charge in [0.25, 0.3) is 0 Å². The molecular weight excluding hydrogens is 264 g/mol. The second kappa shape index (κ2) is 3.85. The van der Waals surface area contributed by atoms with Crippen LogP contribution in [0.4, 0.5) is 4.39 Å². The van der Waals surface area contributed by atoms with Crippen molar-refractivity contribution in [1.29, 1.82) is 5.26 Å². The first-order valence-electron chi connectivity index (χ1n) is 3.99. The van der Waals surface area contributed by atoms with E-state index in [0.29, 0.717) is 9.85 Å². The van der Waals surface area contributed by atoms with Crippen molar-refractivity contribution in [2.75, 3.05) is 0 Å². The molecular formula is C10H4FNO2Se. The summed E-state index contributed by atoms with van der Waals surface area (Å²) >= 11 is -0.552. The van der Waals surface area contributed by atoms with E-state index in [-0.39, 0.29) is 11.0 Å². The van der Waals surface area contributed by atoms with Gasteiger partial charge in [0.2, 0.25) is 0 Å². The van der Waals surface area contributed by atoms with Gasteiger partial charge in [-0.25, -0.2) is 0 Å². The Hall–Kier alpha value is -1.63. The maximum atomic E-state index is 12.8. The van der Waals surface area contributed by atoms with Crippen molar-refractivity contribution >= 4 is 30.4 Å². The molecule has 0 N–H and O–H groups in total. The van der Waals surface area contributed by atoms with E-state index in [9.17, 15) is 9.18 Å². The molecule has 1 aromatic carbocycles. The molecule has 3 nitrogen and oxygen atoms in total. The van der Waals surface area contributed by atoms with E-state index < -0.39 is 20.8 Å². The van der Waals surface area contributed by atoms with Gasteiger partial charge in [-0.1, -0.05) is 0 Å². The molecule has 0 atom stereocenters. The number of rotatable bonds is 1. The molecule has 1 heterocycles. The van der Waals surface area contributed by atoms with Crippen molar-refractivity contribution in [3.05, 3.63) is 40.5 Å². The van der Waals surface area contributed by atoms with Crippen LogP contribution in [0.25, 0.3) is 11.0 Å². The third kappa shape index (κ3) is 1.78. The molecule has 74 valence electrons. The Bertz CT molecular complexity index is 615. The van der Waals surface area contributed by atoms with Crippen LogP contribution in [0.2, 0.25) is 0 Å². The molecule has 2 aromatic rings. The van der Waals surface area contributed by atoms with E-state index in [2.05, 4.69) is 0 Å². The molecule has 5 heteroatoms. The quantitative estimate of drug-likeness (QED) is 0.717. The average Bonchev–Trinajstić information content (AvgIpc) is 2.22. The fraction of sp³-hybridized carbons (Fsp3) is 0. The van der Waals surface area contributed by atoms with Crippen molar-refractivity contribution < 1.29 is 8.81 Å². The average molecular weight is 268 g/mol. The summed E-state index contributed by atoms with van der Waals surface area (Å²) in [7, 11) is 0. The van der Waals surface area contributed by atoms with Crippen LogP contribution in [0.1, 0.15) is 0 Å². The van der Waals surface area contributed by atoms with E-state index in [1.54, 1.807) is 0 Å². The predicted molar refractivity (Wildman–Crippen MR) is 53.4 cm³/mol. The number of fused-ring (bicyclic) bond motifs is 1. The van der Waals surface area contributed by atoms with Gasteiger partial charge >= 0.3 is 89.9 Å². The Morgan fingerprint density at radius 2 is 2.27 bits per heavy atom. The van der Waals surface area contributed by atoms with Crippen LogP contribution in [-0.4, -0.2) is 15.0 Å². The molecule has 0 spiro atoms. The molecule has 0 aliphatic rings. The Kier molecular flexibility index (Phi) is 2.55. The summed E-state index contributed by atoms with van der Waals surface area (Å²) in [5.74, 6) is -0.454. The summed E-state index contributed by atoms with van der Waals surface area (Å²) < 4.78 is 18.2. The number of halogens is 1. The van der Waals surface area contributed by atoms with E-state index in [4.69, 9.17) is 9.68 Å². The van der Waals surface area contributed by atoms with Gasteiger partial charge in [-0.05, 0) is 0 Å². The Labute approximate surface area is 90.3 Å². The van der Waals surface area contributed by atoms with Crippen molar-refractivity contribution in [2.45, 2.75) is 0 Å². The zero-order valence-electron chi connectivity index (χ0n) is 7.36. The molecule has 0 saturated heterocycles. The molecule has 0 aliphatic heterocycles. The first-order chi connectivity index (χ1) is 7.22. The second-order valence-electron chi connectivity index (χ2n) is 2.76. The SMILES string of the molecule is N#C[Se]c1coc2cc(F)ccc2c1=O. The van der Waals surface area contributed by atoms with E-state index in [0.717, 1.165) is 6.07 Å². The number of benzene rings is 1. The molecule has 0 aliphatic carbocycles. The van der Waals surface area contributed by atoms with Crippen LogP contribution in [-0.2, 0) is 0 Å². The number of nitrogens with zero attached hydrogens (tertiary/aromatic N) is 1. The molecule has 0 bridgehead atoms. The standard InChI is InChI=1S/C10H4FNO2Se/c11-6-1-2-7-8(3-6)14-4-9(10(7)13)15-5-12/h1-4H. The summed E-state index contributed by atoms with van der Waals surface area (Å²) in [6.07, 6.45) is 1.23. The van der Waals surface area contributed by atoms with Gasteiger partial charge < -0.3 is 0 Å². The molecule has 0 saturated carbocycles. The summed E-state index contributed by atoms with van der Waals surface area (Å²) in [4.78, 5) is 13.6. The molecule has 0 fully saturated rings. The Balaban J connectivity index is 2.76. The van der Waals surface area contributed by atoms with Crippen LogP contribution >= 0.6 is 0 Å². The summed E-state index contributed by atoms with van der Waals surface area (Å²) in [6, 6.07) is 3.72. The fourth-order valence-electron chi connectivity index (χ4n) is 1.20. The third-order valence-corrected chi connectivity index (χ3v) is 3.10. The molecule has 15 heavy (non-hydrogen) atoms. The number of hydrogen-bond donors (Lipinski definition) is 0. The van der Waals surface area contributed by atoms with Crippen LogP contribution in [0.5, 0.6) is 0 Å². The van der Waals surface area contributed by atoms with Gasteiger partial charge in [0, 0.05) is 0 Å². The third-order valence-electron chi connectivity index (χ3n) is 1.86. The van der Waals surface area contributed by atoms with Crippen LogP contribution < -0.4 is 9.89 Å². The molecule has 0 amide bonds. The zero-order chi connectivity index (χ0) is 10.8. The van der Waals surface area contributed by atoms with E-state index in [1.165, 1.54) is 18.4 Å². The van der Waals surface area contributed by atoms with Crippen LogP contribution in [0, 0.1) is 16.0 Å². The predicted octanol–water partition coefficient (Wildman–Crippen LogP) is 0.743. The second-order valence-corrected chi connectivity index (χ2v) is 4.50. The monoisotopic (exact) mass is 269 g/mol. The summed E-state index contributed by atoms with van der Waals surface area (Å²) in [6.45, 7) is 0. The van der Waals surface area contributed by atoms with Crippen molar-refractivity contribution in [3.8, 4) is 4.97 Å². The number of nitriles is 1. The van der Waals surface area contributed by atoms with Crippen molar-refractivity contribution in [3.63, 3.8) is 0 Å². The number of hydrogen-bond acceptors (Lipinski definition) is 3. The first kappa shape index (κ1) is 9.91. The van der Waals surface area contributed by atoms with Gasteiger partial charge in [-0.2, -0.15) is 0 Å². The topological polar surface area (TPSA) is 54.0 Å². The minimum absolute atomic E-state index is 0.206. The molecule has 2 rings (SSSR count). The van der Waals surface area contributed by atoms with E-state index in [1.807, 2.05) is 4.97 Å². The zero-order valence-corrected chi connectivity index (χ0v) is 9.07. The van der Waals surface area contributed by atoms with E-state index >= 15 is 0 Å². The van der Waals surface area contributed by atoms with Crippen molar-refractivity contribution in [2.24, 2.45) is 0 Å². The van der Waals surface area contributed by atoms with Gasteiger partial charge in [-0.3, -0.25) is 0 Å². The Morgan fingerprint density at radius 1 is 1.47 bits per heavy atom. The fourth-order valence-corrected chi connectivity index (χ4v) is 2.04. The molecule has 1 aromatic heterocycles. The normalized spacial score (nSPS) is 10.1.